The molecule has 3 nitrogen and oxygen atoms in total. The first-order chi connectivity index (χ1) is 8.66. The van der Waals surface area contributed by atoms with E-state index in [1.54, 1.807) is 12.1 Å². The maximum absolute atomic E-state index is 6.17. The van der Waals surface area contributed by atoms with E-state index in [0.29, 0.717) is 21.6 Å². The molecule has 0 aliphatic heterocycles. The molecule has 18 heavy (non-hydrogen) atoms. The number of nitrogen functional groups attached to an aromatic ring is 1. The number of nitrogens with zero attached hydrogens (tertiary/aromatic N) is 2. The topological polar surface area (TPSA) is 43.3 Å². The van der Waals surface area contributed by atoms with Crippen molar-refractivity contribution in [2.45, 2.75) is 0 Å². The van der Waals surface area contributed by atoms with Crippen molar-refractivity contribution in [2.75, 3.05) is 5.73 Å². The van der Waals surface area contributed by atoms with Crippen LogP contribution in [-0.4, -0.2) is 9.38 Å². The van der Waals surface area contributed by atoms with Crippen LogP contribution in [0.3, 0.4) is 0 Å². The fourth-order valence-electron chi connectivity index (χ4n) is 1.89. The number of imidazole rings is 1. The smallest absolute Gasteiger partial charge is 0.139 e. The summed E-state index contributed by atoms with van der Waals surface area (Å²) >= 11 is 12.1. The van der Waals surface area contributed by atoms with E-state index in [4.69, 9.17) is 28.9 Å². The van der Waals surface area contributed by atoms with Crippen LogP contribution in [-0.2, 0) is 0 Å². The summed E-state index contributed by atoms with van der Waals surface area (Å²) in [5, 5.41) is 1.13. The molecule has 2 N–H and O–H groups in total. The minimum Gasteiger partial charge on any atom is -0.383 e. The summed E-state index contributed by atoms with van der Waals surface area (Å²) in [7, 11) is 0. The SMILES string of the molecule is Nc1c(-c2ccc(Cl)cc2Cl)nc2ccccn12. The van der Waals surface area contributed by atoms with Gasteiger partial charge in [-0.1, -0.05) is 29.3 Å². The average Bonchev–Trinajstić information content (AvgIpc) is 2.68. The first kappa shape index (κ1) is 11.4. The lowest BCUT2D eigenvalue weighted by atomic mass is 10.1. The number of benzene rings is 1. The van der Waals surface area contributed by atoms with Gasteiger partial charge in [-0.3, -0.25) is 4.40 Å². The molecular formula is C13H9Cl2N3. The summed E-state index contributed by atoms with van der Waals surface area (Å²) < 4.78 is 1.82. The fraction of sp³-hybridized carbons (Fsp3) is 0. The summed E-state index contributed by atoms with van der Waals surface area (Å²) in [5.41, 5.74) is 8.32. The summed E-state index contributed by atoms with van der Waals surface area (Å²) in [5.74, 6) is 0.565. The van der Waals surface area contributed by atoms with Crippen molar-refractivity contribution < 1.29 is 0 Å². The molecule has 0 spiro atoms. The number of halogens is 2. The zero-order valence-corrected chi connectivity index (χ0v) is 10.8. The molecule has 0 saturated heterocycles. The van der Waals surface area contributed by atoms with E-state index in [-0.39, 0.29) is 0 Å². The Kier molecular flexibility index (Phi) is 2.65. The molecule has 90 valence electrons. The number of anilines is 1. The van der Waals surface area contributed by atoms with Gasteiger partial charge in [0, 0.05) is 16.8 Å². The molecule has 2 aromatic heterocycles. The molecule has 0 saturated carbocycles. The Bertz CT molecular complexity index is 734. The van der Waals surface area contributed by atoms with Gasteiger partial charge in [-0.05, 0) is 30.3 Å². The van der Waals surface area contributed by atoms with Crippen molar-refractivity contribution in [2.24, 2.45) is 0 Å². The molecule has 5 heteroatoms. The van der Waals surface area contributed by atoms with Crippen molar-refractivity contribution >= 4 is 34.7 Å². The van der Waals surface area contributed by atoms with E-state index < -0.39 is 0 Å². The zero-order valence-electron chi connectivity index (χ0n) is 9.27. The molecule has 0 fully saturated rings. The lowest BCUT2D eigenvalue weighted by Crippen LogP contribution is -1.93. The van der Waals surface area contributed by atoms with E-state index >= 15 is 0 Å². The number of aromatic nitrogens is 2. The van der Waals surface area contributed by atoms with Crippen LogP contribution in [0.15, 0.2) is 42.6 Å². The maximum Gasteiger partial charge on any atom is 0.139 e. The number of nitrogens with two attached hydrogens (primary N) is 1. The van der Waals surface area contributed by atoms with Crippen LogP contribution < -0.4 is 5.73 Å². The highest BCUT2D eigenvalue weighted by atomic mass is 35.5. The Morgan fingerprint density at radius 1 is 1.11 bits per heavy atom. The lowest BCUT2D eigenvalue weighted by molar-refractivity contribution is 1.20. The van der Waals surface area contributed by atoms with Gasteiger partial charge in [-0.15, -0.1) is 0 Å². The van der Waals surface area contributed by atoms with Gasteiger partial charge in [-0.2, -0.15) is 0 Å². The molecule has 3 aromatic rings. The maximum atomic E-state index is 6.17. The van der Waals surface area contributed by atoms with Crippen molar-refractivity contribution in [1.82, 2.24) is 9.38 Å². The van der Waals surface area contributed by atoms with Crippen LogP contribution >= 0.6 is 23.2 Å². The first-order valence-corrected chi connectivity index (χ1v) is 6.10. The van der Waals surface area contributed by atoms with Crippen LogP contribution in [0.2, 0.25) is 10.0 Å². The Balaban J connectivity index is 2.28. The van der Waals surface area contributed by atoms with Gasteiger partial charge in [0.25, 0.3) is 0 Å². The molecule has 0 atom stereocenters. The third-order valence-electron chi connectivity index (χ3n) is 2.75. The average molecular weight is 278 g/mol. The van der Waals surface area contributed by atoms with Crippen molar-refractivity contribution in [3.63, 3.8) is 0 Å². The summed E-state index contributed by atoms with van der Waals surface area (Å²) in [4.78, 5) is 4.48. The van der Waals surface area contributed by atoms with Crippen LogP contribution in [0.25, 0.3) is 16.9 Å². The predicted octanol–water partition coefficient (Wildman–Crippen LogP) is 3.89. The van der Waals surface area contributed by atoms with E-state index in [1.807, 2.05) is 34.9 Å². The van der Waals surface area contributed by atoms with Crippen molar-refractivity contribution in [3.8, 4) is 11.3 Å². The molecule has 2 heterocycles. The van der Waals surface area contributed by atoms with Gasteiger partial charge >= 0.3 is 0 Å². The number of pyridine rings is 1. The Morgan fingerprint density at radius 2 is 1.94 bits per heavy atom. The third-order valence-corrected chi connectivity index (χ3v) is 3.30. The molecule has 1 aromatic carbocycles. The molecule has 0 aliphatic rings. The normalized spacial score (nSPS) is 11.0. The van der Waals surface area contributed by atoms with Gasteiger partial charge in [0.1, 0.15) is 17.2 Å². The highest BCUT2D eigenvalue weighted by molar-refractivity contribution is 6.36. The molecule has 0 aliphatic carbocycles. The Hall–Kier alpha value is -1.71. The Morgan fingerprint density at radius 3 is 2.67 bits per heavy atom. The minimum absolute atomic E-state index is 0.539. The van der Waals surface area contributed by atoms with Crippen LogP contribution in [0.1, 0.15) is 0 Å². The third kappa shape index (κ3) is 1.72. The molecule has 0 radical (unpaired) electrons. The number of hydrogen-bond donors (Lipinski definition) is 1. The van der Waals surface area contributed by atoms with E-state index in [2.05, 4.69) is 4.98 Å². The second-order valence-electron chi connectivity index (χ2n) is 3.90. The number of fused-ring (bicyclic) bond motifs is 1. The second kappa shape index (κ2) is 4.19. The highest BCUT2D eigenvalue weighted by Gasteiger charge is 2.13. The van der Waals surface area contributed by atoms with Crippen LogP contribution in [0.5, 0.6) is 0 Å². The van der Waals surface area contributed by atoms with E-state index in [0.717, 1.165) is 11.2 Å². The molecule has 3 rings (SSSR count). The van der Waals surface area contributed by atoms with Gasteiger partial charge in [0.15, 0.2) is 0 Å². The summed E-state index contributed by atoms with van der Waals surface area (Å²) in [6.45, 7) is 0. The van der Waals surface area contributed by atoms with Crippen molar-refractivity contribution in [3.05, 3.63) is 52.6 Å². The molecule has 0 bridgehead atoms. The fourth-order valence-corrected chi connectivity index (χ4v) is 2.39. The van der Waals surface area contributed by atoms with E-state index in [9.17, 15) is 0 Å². The van der Waals surface area contributed by atoms with E-state index in [1.165, 1.54) is 0 Å². The lowest BCUT2D eigenvalue weighted by Gasteiger charge is -2.02. The molecule has 0 unspecified atom stereocenters. The first-order valence-electron chi connectivity index (χ1n) is 5.35. The predicted molar refractivity (Wildman–Crippen MR) is 75.1 cm³/mol. The van der Waals surface area contributed by atoms with Crippen molar-refractivity contribution in [1.29, 1.82) is 0 Å². The molecular weight excluding hydrogens is 269 g/mol. The number of rotatable bonds is 1. The monoisotopic (exact) mass is 277 g/mol. The van der Waals surface area contributed by atoms with Gasteiger partial charge in [-0.25, -0.2) is 4.98 Å². The van der Waals surface area contributed by atoms with Crippen LogP contribution in [0, 0.1) is 0 Å². The van der Waals surface area contributed by atoms with Gasteiger partial charge in [0.05, 0.1) is 5.02 Å². The number of hydrogen-bond acceptors (Lipinski definition) is 2. The minimum atomic E-state index is 0.539. The zero-order chi connectivity index (χ0) is 12.7. The Labute approximate surface area is 114 Å². The largest absolute Gasteiger partial charge is 0.383 e. The van der Waals surface area contributed by atoms with Crippen LogP contribution in [0.4, 0.5) is 5.82 Å². The molecule has 0 amide bonds. The summed E-state index contributed by atoms with van der Waals surface area (Å²) in [6.07, 6.45) is 1.87. The second-order valence-corrected chi connectivity index (χ2v) is 4.74. The van der Waals surface area contributed by atoms with Gasteiger partial charge < -0.3 is 5.73 Å². The quantitative estimate of drug-likeness (QED) is 0.733. The standard InChI is InChI=1S/C13H9Cl2N3/c14-8-4-5-9(10(15)7-8)12-13(16)18-6-2-1-3-11(18)17-12/h1-7H,16H2. The summed E-state index contributed by atoms with van der Waals surface area (Å²) in [6, 6.07) is 11.0. The van der Waals surface area contributed by atoms with Gasteiger partial charge in [0.2, 0.25) is 0 Å². The highest BCUT2D eigenvalue weighted by Crippen LogP contribution is 2.33.